The third-order valence-corrected chi connectivity index (χ3v) is 0.649. The Bertz CT molecular complexity index is 52.0. The fourth-order valence-corrected chi connectivity index (χ4v) is 0.267. The second-order valence-electron chi connectivity index (χ2n) is 1.36. The molecule has 0 saturated heterocycles. The van der Waals surface area contributed by atoms with Crippen LogP contribution in [-0.2, 0) is 0 Å². The normalized spacial score (nSPS) is 13.4. The summed E-state index contributed by atoms with van der Waals surface area (Å²) in [5, 5.41) is 16.7. The second kappa shape index (κ2) is 3.84. The maximum atomic E-state index is 8.54. The summed E-state index contributed by atoms with van der Waals surface area (Å²) >= 11 is 0. The first-order valence-electron chi connectivity index (χ1n) is 2.21. The van der Waals surface area contributed by atoms with Crippen molar-refractivity contribution in [3.05, 3.63) is 12.7 Å². The summed E-state index contributed by atoms with van der Waals surface area (Å²) < 4.78 is 0. The molecule has 0 aliphatic carbocycles. The molecule has 7 heavy (non-hydrogen) atoms. The summed E-state index contributed by atoms with van der Waals surface area (Å²) in [5.74, 6) is 0. The Kier molecular flexibility index (Phi) is 3.65. The van der Waals surface area contributed by atoms with Gasteiger partial charge in [0.15, 0.2) is 0 Å². The van der Waals surface area contributed by atoms with Crippen LogP contribution < -0.4 is 0 Å². The smallest absolute Gasteiger partial charge is 0.0805 e. The van der Waals surface area contributed by atoms with Crippen molar-refractivity contribution in [2.75, 3.05) is 6.61 Å². The molecule has 0 saturated carbocycles. The maximum absolute atomic E-state index is 8.54. The molecule has 2 nitrogen and oxygen atoms in total. The average molecular weight is 102 g/mol. The summed E-state index contributed by atoms with van der Waals surface area (Å²) in [6.07, 6.45) is 1.43. The van der Waals surface area contributed by atoms with E-state index in [-0.39, 0.29) is 6.61 Å². The van der Waals surface area contributed by atoms with Gasteiger partial charge in [-0.15, -0.1) is 6.58 Å². The largest absolute Gasteiger partial charge is 0.394 e. The highest BCUT2D eigenvalue weighted by Crippen LogP contribution is 1.87. The molecule has 0 spiro atoms. The van der Waals surface area contributed by atoms with Crippen LogP contribution in [0.15, 0.2) is 12.7 Å². The first kappa shape index (κ1) is 6.66. The molecule has 0 rings (SSSR count). The van der Waals surface area contributed by atoms with Crippen LogP contribution in [0.4, 0.5) is 0 Å². The van der Waals surface area contributed by atoms with Crippen molar-refractivity contribution in [2.24, 2.45) is 0 Å². The van der Waals surface area contributed by atoms with Crippen LogP contribution in [0.5, 0.6) is 0 Å². The molecule has 2 N–H and O–H groups in total. The van der Waals surface area contributed by atoms with Crippen molar-refractivity contribution < 1.29 is 10.2 Å². The van der Waals surface area contributed by atoms with E-state index in [1.54, 1.807) is 6.08 Å². The Hall–Kier alpha value is -0.340. The monoisotopic (exact) mass is 102 g/mol. The van der Waals surface area contributed by atoms with Crippen LogP contribution in [0.1, 0.15) is 6.42 Å². The Balaban J connectivity index is 2.98. The molecule has 0 aliphatic rings. The Morgan fingerprint density at radius 1 is 1.71 bits per heavy atom. The summed E-state index contributed by atoms with van der Waals surface area (Å²) in [4.78, 5) is 0. The fraction of sp³-hybridized carbons (Fsp3) is 0.600. The van der Waals surface area contributed by atoms with E-state index < -0.39 is 6.10 Å². The van der Waals surface area contributed by atoms with E-state index in [1.165, 1.54) is 0 Å². The SMILES string of the molecule is C=CC[C@@H](O)CO. The zero-order valence-electron chi connectivity index (χ0n) is 4.17. The van der Waals surface area contributed by atoms with Crippen LogP contribution in [-0.4, -0.2) is 22.9 Å². The van der Waals surface area contributed by atoms with Crippen molar-refractivity contribution in [3.63, 3.8) is 0 Å². The molecule has 0 fully saturated rings. The quantitative estimate of drug-likeness (QED) is 0.489. The van der Waals surface area contributed by atoms with Gasteiger partial charge in [0.05, 0.1) is 12.7 Å². The molecular weight excluding hydrogens is 92.1 g/mol. The number of aliphatic hydroxyl groups excluding tert-OH is 2. The topological polar surface area (TPSA) is 40.5 Å². The Morgan fingerprint density at radius 2 is 2.29 bits per heavy atom. The van der Waals surface area contributed by atoms with Gasteiger partial charge in [-0.1, -0.05) is 6.08 Å². The maximum Gasteiger partial charge on any atom is 0.0805 e. The van der Waals surface area contributed by atoms with Gasteiger partial charge in [-0.2, -0.15) is 0 Å². The van der Waals surface area contributed by atoms with Gasteiger partial charge >= 0.3 is 0 Å². The highest BCUT2D eigenvalue weighted by atomic mass is 16.3. The molecule has 2 heteroatoms. The summed E-state index contributed by atoms with van der Waals surface area (Å²) in [5.41, 5.74) is 0. The van der Waals surface area contributed by atoms with Gasteiger partial charge in [-0.3, -0.25) is 0 Å². The van der Waals surface area contributed by atoms with Gasteiger partial charge in [0.25, 0.3) is 0 Å². The third kappa shape index (κ3) is 3.49. The van der Waals surface area contributed by atoms with Gasteiger partial charge in [0.1, 0.15) is 0 Å². The van der Waals surface area contributed by atoms with Crippen LogP contribution in [0.3, 0.4) is 0 Å². The zero-order valence-corrected chi connectivity index (χ0v) is 4.17. The second-order valence-corrected chi connectivity index (χ2v) is 1.36. The average Bonchev–Trinajstić information content (AvgIpc) is 1.68. The number of hydrogen-bond donors (Lipinski definition) is 2. The Labute approximate surface area is 43.1 Å². The van der Waals surface area contributed by atoms with E-state index in [2.05, 4.69) is 6.58 Å². The van der Waals surface area contributed by atoms with E-state index >= 15 is 0 Å². The van der Waals surface area contributed by atoms with Crippen LogP contribution in [0.25, 0.3) is 0 Å². The van der Waals surface area contributed by atoms with Gasteiger partial charge in [-0.25, -0.2) is 0 Å². The molecule has 0 aromatic heterocycles. The van der Waals surface area contributed by atoms with Crippen molar-refractivity contribution >= 4 is 0 Å². The highest BCUT2D eigenvalue weighted by Gasteiger charge is 1.94. The Morgan fingerprint density at radius 3 is 2.43 bits per heavy atom. The molecular formula is C5H10O2. The lowest BCUT2D eigenvalue weighted by atomic mass is 10.3. The van der Waals surface area contributed by atoms with Crippen molar-refractivity contribution in [3.8, 4) is 0 Å². The predicted molar refractivity (Wildman–Crippen MR) is 27.9 cm³/mol. The summed E-state index contributed by atoms with van der Waals surface area (Å²) in [6.45, 7) is 3.20. The number of aliphatic hydroxyl groups is 2. The lowest BCUT2D eigenvalue weighted by Crippen LogP contribution is -2.09. The van der Waals surface area contributed by atoms with Crippen LogP contribution in [0, 0.1) is 0 Å². The van der Waals surface area contributed by atoms with E-state index in [0.29, 0.717) is 6.42 Å². The lowest BCUT2D eigenvalue weighted by molar-refractivity contribution is 0.0976. The van der Waals surface area contributed by atoms with Crippen molar-refractivity contribution in [1.29, 1.82) is 0 Å². The minimum atomic E-state index is -0.613. The molecule has 0 unspecified atom stereocenters. The van der Waals surface area contributed by atoms with E-state index in [0.717, 1.165) is 0 Å². The van der Waals surface area contributed by atoms with Gasteiger partial charge in [0.2, 0.25) is 0 Å². The minimum Gasteiger partial charge on any atom is -0.394 e. The summed E-state index contributed by atoms with van der Waals surface area (Å²) in [7, 11) is 0. The predicted octanol–water partition coefficient (Wildman–Crippen LogP) is -0.0843. The molecule has 42 valence electrons. The number of hydrogen-bond acceptors (Lipinski definition) is 2. The molecule has 0 radical (unpaired) electrons. The number of rotatable bonds is 3. The van der Waals surface area contributed by atoms with Crippen LogP contribution >= 0.6 is 0 Å². The summed E-state index contributed by atoms with van der Waals surface area (Å²) in [6, 6.07) is 0. The van der Waals surface area contributed by atoms with E-state index in [1.807, 2.05) is 0 Å². The molecule has 0 bridgehead atoms. The first-order valence-corrected chi connectivity index (χ1v) is 2.21. The van der Waals surface area contributed by atoms with Crippen molar-refractivity contribution in [2.45, 2.75) is 12.5 Å². The van der Waals surface area contributed by atoms with Gasteiger partial charge in [-0.05, 0) is 6.42 Å². The molecule has 0 amide bonds. The molecule has 0 heterocycles. The zero-order chi connectivity index (χ0) is 5.70. The highest BCUT2D eigenvalue weighted by molar-refractivity contribution is 4.70. The molecule has 0 aliphatic heterocycles. The molecule has 0 aromatic rings. The van der Waals surface area contributed by atoms with E-state index in [9.17, 15) is 0 Å². The van der Waals surface area contributed by atoms with Crippen LogP contribution in [0.2, 0.25) is 0 Å². The fourth-order valence-electron chi connectivity index (χ4n) is 0.267. The minimum absolute atomic E-state index is 0.175. The molecule has 0 aromatic carbocycles. The molecule has 1 atom stereocenters. The van der Waals surface area contributed by atoms with Gasteiger partial charge in [0, 0.05) is 0 Å². The lowest BCUT2D eigenvalue weighted by Gasteiger charge is -1.98. The first-order chi connectivity index (χ1) is 3.31. The van der Waals surface area contributed by atoms with Gasteiger partial charge < -0.3 is 10.2 Å². The van der Waals surface area contributed by atoms with Crippen molar-refractivity contribution in [1.82, 2.24) is 0 Å². The van der Waals surface area contributed by atoms with E-state index in [4.69, 9.17) is 10.2 Å². The standard InChI is InChI=1S/C5H10O2/c1-2-3-5(7)4-6/h2,5-7H,1,3-4H2/t5-/m1/s1. The third-order valence-electron chi connectivity index (χ3n) is 0.649.